The van der Waals surface area contributed by atoms with Crippen LogP contribution in [0.5, 0.6) is 0 Å². The molecule has 3 heteroatoms. The lowest BCUT2D eigenvalue weighted by molar-refractivity contribution is 0.732. The van der Waals surface area contributed by atoms with Crippen LogP contribution in [-0.2, 0) is 0 Å². The van der Waals surface area contributed by atoms with E-state index in [0.29, 0.717) is 0 Å². The van der Waals surface area contributed by atoms with Gasteiger partial charge >= 0.3 is 0 Å². The fourth-order valence-corrected chi connectivity index (χ4v) is 3.76. The fourth-order valence-electron chi connectivity index (χ4n) is 3.76. The van der Waals surface area contributed by atoms with Gasteiger partial charge in [0.05, 0.1) is 16.9 Å². The van der Waals surface area contributed by atoms with E-state index in [9.17, 15) is 5.26 Å². The monoisotopic (exact) mass is 339 g/mol. The molecule has 0 radical (unpaired) electrons. The molecule has 0 bridgehead atoms. The number of aryl methyl sites for hydroxylation is 1. The predicted molar refractivity (Wildman–Crippen MR) is 108 cm³/mol. The molecule has 3 aromatic rings. The zero-order valence-electron chi connectivity index (χ0n) is 15.3. The summed E-state index contributed by atoms with van der Waals surface area (Å²) in [6.07, 6.45) is 0.143. The highest BCUT2D eigenvalue weighted by Gasteiger charge is 2.34. The Morgan fingerprint density at radius 2 is 1.65 bits per heavy atom. The summed E-state index contributed by atoms with van der Waals surface area (Å²) in [5.41, 5.74) is 7.63. The molecule has 4 rings (SSSR count). The quantitative estimate of drug-likeness (QED) is 0.620. The van der Waals surface area contributed by atoms with Crippen molar-refractivity contribution in [3.63, 3.8) is 0 Å². The van der Waals surface area contributed by atoms with Gasteiger partial charge in [-0.3, -0.25) is 0 Å². The van der Waals surface area contributed by atoms with Crippen LogP contribution in [0.3, 0.4) is 0 Å². The minimum Gasteiger partial charge on any atom is -0.351 e. The number of para-hydroxylation sites is 1. The SMILES string of the molecule is Cc1ccc(-c2ccccc2)cc1N1c2cccc(C#N)c2N(C)[C@@H]1C. The number of benzene rings is 3. The van der Waals surface area contributed by atoms with Gasteiger partial charge in [-0.05, 0) is 48.7 Å². The van der Waals surface area contributed by atoms with Gasteiger partial charge in [-0.25, -0.2) is 0 Å². The standard InChI is InChI=1S/C23H21N3/c1-16-12-13-19(18-8-5-4-6-9-18)14-22(16)26-17(2)25(3)23-20(15-24)10-7-11-21(23)26/h4-14,17H,1-3H3/t17-/m0/s1. The number of hydrogen-bond donors (Lipinski definition) is 0. The van der Waals surface area contributed by atoms with Crippen molar-refractivity contribution in [2.45, 2.75) is 20.0 Å². The van der Waals surface area contributed by atoms with E-state index in [1.54, 1.807) is 0 Å². The molecule has 0 aromatic heterocycles. The van der Waals surface area contributed by atoms with E-state index in [4.69, 9.17) is 0 Å². The summed E-state index contributed by atoms with van der Waals surface area (Å²) in [5.74, 6) is 0. The van der Waals surface area contributed by atoms with E-state index in [1.165, 1.54) is 22.4 Å². The summed E-state index contributed by atoms with van der Waals surface area (Å²) in [5, 5.41) is 9.51. The minimum absolute atomic E-state index is 0.143. The zero-order chi connectivity index (χ0) is 18.3. The Hall–Kier alpha value is -3.25. The van der Waals surface area contributed by atoms with Crippen LogP contribution in [0, 0.1) is 18.3 Å². The summed E-state index contributed by atoms with van der Waals surface area (Å²) in [6, 6.07) is 25.3. The van der Waals surface area contributed by atoms with E-state index in [-0.39, 0.29) is 6.17 Å². The number of rotatable bonds is 2. The van der Waals surface area contributed by atoms with Crippen LogP contribution in [-0.4, -0.2) is 13.2 Å². The molecule has 128 valence electrons. The second-order valence-electron chi connectivity index (χ2n) is 6.77. The number of fused-ring (bicyclic) bond motifs is 1. The average Bonchev–Trinajstić information content (AvgIpc) is 2.94. The van der Waals surface area contributed by atoms with Crippen molar-refractivity contribution in [3.05, 3.63) is 77.9 Å². The number of anilines is 3. The van der Waals surface area contributed by atoms with Gasteiger partial charge in [0.15, 0.2) is 0 Å². The van der Waals surface area contributed by atoms with Gasteiger partial charge in [0.1, 0.15) is 12.2 Å². The van der Waals surface area contributed by atoms with E-state index in [2.05, 4.69) is 85.3 Å². The lowest BCUT2D eigenvalue weighted by Crippen LogP contribution is -2.36. The van der Waals surface area contributed by atoms with Crippen LogP contribution in [0.4, 0.5) is 17.1 Å². The first-order valence-electron chi connectivity index (χ1n) is 8.83. The van der Waals surface area contributed by atoms with Crippen molar-refractivity contribution in [1.82, 2.24) is 0 Å². The molecule has 0 aliphatic carbocycles. The molecule has 3 aromatic carbocycles. The molecule has 26 heavy (non-hydrogen) atoms. The molecule has 0 spiro atoms. The molecule has 0 saturated heterocycles. The zero-order valence-corrected chi connectivity index (χ0v) is 15.3. The first-order valence-corrected chi connectivity index (χ1v) is 8.83. The molecular weight excluding hydrogens is 318 g/mol. The average molecular weight is 339 g/mol. The second-order valence-corrected chi connectivity index (χ2v) is 6.77. The van der Waals surface area contributed by atoms with Crippen LogP contribution in [0.25, 0.3) is 11.1 Å². The van der Waals surface area contributed by atoms with Crippen molar-refractivity contribution < 1.29 is 0 Å². The summed E-state index contributed by atoms with van der Waals surface area (Å²) < 4.78 is 0. The summed E-state index contributed by atoms with van der Waals surface area (Å²) in [7, 11) is 2.06. The molecule has 0 unspecified atom stereocenters. The maximum Gasteiger partial charge on any atom is 0.103 e. The molecule has 1 heterocycles. The highest BCUT2D eigenvalue weighted by atomic mass is 15.4. The first-order chi connectivity index (χ1) is 12.6. The number of nitrogens with zero attached hydrogens (tertiary/aromatic N) is 3. The van der Waals surface area contributed by atoms with Gasteiger partial charge in [0, 0.05) is 12.7 Å². The summed E-state index contributed by atoms with van der Waals surface area (Å²) in [6.45, 7) is 4.32. The molecule has 1 atom stereocenters. The highest BCUT2D eigenvalue weighted by Crippen LogP contribution is 2.46. The molecular formula is C23H21N3. The van der Waals surface area contributed by atoms with Crippen molar-refractivity contribution >= 4 is 17.1 Å². The van der Waals surface area contributed by atoms with Gasteiger partial charge in [-0.1, -0.05) is 48.5 Å². The molecule has 0 amide bonds. The van der Waals surface area contributed by atoms with E-state index < -0.39 is 0 Å². The van der Waals surface area contributed by atoms with Gasteiger partial charge in [0.2, 0.25) is 0 Å². The second kappa shape index (κ2) is 6.24. The maximum absolute atomic E-state index is 9.51. The third kappa shape index (κ3) is 2.43. The Bertz CT molecular complexity index is 1000. The Morgan fingerprint density at radius 1 is 0.885 bits per heavy atom. The van der Waals surface area contributed by atoms with Crippen LogP contribution in [0.15, 0.2) is 66.7 Å². The van der Waals surface area contributed by atoms with Crippen LogP contribution in [0.2, 0.25) is 0 Å². The van der Waals surface area contributed by atoms with Crippen molar-refractivity contribution in [2.75, 3.05) is 16.8 Å². The van der Waals surface area contributed by atoms with Gasteiger partial charge in [-0.15, -0.1) is 0 Å². The molecule has 0 N–H and O–H groups in total. The topological polar surface area (TPSA) is 30.3 Å². The molecule has 0 fully saturated rings. The lowest BCUT2D eigenvalue weighted by Gasteiger charge is -2.29. The molecule has 0 saturated carbocycles. The smallest absolute Gasteiger partial charge is 0.103 e. The molecule has 3 nitrogen and oxygen atoms in total. The fraction of sp³-hybridized carbons (Fsp3) is 0.174. The van der Waals surface area contributed by atoms with Crippen molar-refractivity contribution in [3.8, 4) is 17.2 Å². The third-order valence-electron chi connectivity index (χ3n) is 5.26. The predicted octanol–water partition coefficient (Wildman–Crippen LogP) is 5.47. The van der Waals surface area contributed by atoms with E-state index in [1.807, 2.05) is 18.2 Å². The highest BCUT2D eigenvalue weighted by molar-refractivity contribution is 5.88. The maximum atomic E-state index is 9.51. The molecule has 1 aliphatic heterocycles. The summed E-state index contributed by atoms with van der Waals surface area (Å²) >= 11 is 0. The number of nitriles is 1. The number of hydrogen-bond acceptors (Lipinski definition) is 3. The Balaban J connectivity index is 1.88. The Kier molecular flexibility index (Phi) is 3.89. The largest absolute Gasteiger partial charge is 0.351 e. The van der Waals surface area contributed by atoms with E-state index >= 15 is 0 Å². The Morgan fingerprint density at radius 3 is 2.38 bits per heavy atom. The van der Waals surface area contributed by atoms with Crippen LogP contribution >= 0.6 is 0 Å². The van der Waals surface area contributed by atoms with Gasteiger partial charge < -0.3 is 9.80 Å². The van der Waals surface area contributed by atoms with E-state index in [0.717, 1.165) is 16.9 Å². The van der Waals surface area contributed by atoms with Crippen molar-refractivity contribution in [2.24, 2.45) is 0 Å². The van der Waals surface area contributed by atoms with Gasteiger partial charge in [-0.2, -0.15) is 5.26 Å². The lowest BCUT2D eigenvalue weighted by atomic mass is 10.0. The van der Waals surface area contributed by atoms with Crippen molar-refractivity contribution in [1.29, 1.82) is 5.26 Å². The van der Waals surface area contributed by atoms with Gasteiger partial charge in [0.25, 0.3) is 0 Å². The minimum atomic E-state index is 0.143. The normalized spacial score (nSPS) is 15.7. The first kappa shape index (κ1) is 16.2. The summed E-state index contributed by atoms with van der Waals surface area (Å²) in [4.78, 5) is 4.51. The Labute approximate surface area is 154 Å². The van der Waals surface area contributed by atoms with Crippen LogP contribution < -0.4 is 9.80 Å². The molecule has 1 aliphatic rings. The third-order valence-corrected chi connectivity index (χ3v) is 5.26. The van der Waals surface area contributed by atoms with Crippen LogP contribution in [0.1, 0.15) is 18.1 Å².